The minimum absolute atomic E-state index is 0.659. The van der Waals surface area contributed by atoms with Crippen LogP contribution in [0.1, 0.15) is 13.8 Å². The third-order valence-corrected chi connectivity index (χ3v) is 2.36. The zero-order valence-corrected chi connectivity index (χ0v) is 8.70. The summed E-state index contributed by atoms with van der Waals surface area (Å²) in [5.74, 6) is 0.659. The number of hydrogen-bond acceptors (Lipinski definition) is 1. The lowest BCUT2D eigenvalue weighted by Gasteiger charge is -2.08. The van der Waals surface area contributed by atoms with Gasteiger partial charge in [-0.1, -0.05) is 19.9 Å². The number of nitrogens with two attached hydrogens (primary N) is 1. The van der Waals surface area contributed by atoms with Gasteiger partial charge in [0.15, 0.2) is 0 Å². The summed E-state index contributed by atoms with van der Waals surface area (Å²) in [7, 11) is 0. The molecule has 0 fully saturated rings. The standard InChI is InChI=1S/C12H16N2/c1-9(2)8-14-6-5-10-3-4-11(13)7-12(10)14/h3-7,9H,8,13H2,1-2H3. The van der Waals surface area contributed by atoms with Gasteiger partial charge in [-0.3, -0.25) is 0 Å². The lowest BCUT2D eigenvalue weighted by molar-refractivity contribution is 0.535. The average Bonchev–Trinajstić information content (AvgIpc) is 2.47. The predicted octanol–water partition coefficient (Wildman–Crippen LogP) is 2.88. The van der Waals surface area contributed by atoms with Crippen molar-refractivity contribution < 1.29 is 0 Å². The summed E-state index contributed by atoms with van der Waals surface area (Å²) in [5, 5.41) is 1.26. The maximum Gasteiger partial charge on any atom is 0.0500 e. The van der Waals surface area contributed by atoms with E-state index in [1.807, 2.05) is 12.1 Å². The number of nitrogens with zero attached hydrogens (tertiary/aromatic N) is 1. The van der Waals surface area contributed by atoms with Crippen LogP contribution in [0.25, 0.3) is 10.9 Å². The van der Waals surface area contributed by atoms with Crippen molar-refractivity contribution in [3.63, 3.8) is 0 Å². The highest BCUT2D eigenvalue weighted by molar-refractivity contribution is 5.83. The number of nitrogen functional groups attached to an aromatic ring is 1. The second kappa shape index (κ2) is 3.37. The van der Waals surface area contributed by atoms with Crippen LogP contribution < -0.4 is 5.73 Å². The lowest BCUT2D eigenvalue weighted by atomic mass is 10.2. The topological polar surface area (TPSA) is 30.9 Å². The van der Waals surface area contributed by atoms with Crippen molar-refractivity contribution in [1.82, 2.24) is 4.57 Å². The van der Waals surface area contributed by atoms with E-state index in [-0.39, 0.29) is 0 Å². The molecule has 0 bridgehead atoms. The van der Waals surface area contributed by atoms with Gasteiger partial charge in [-0.2, -0.15) is 0 Å². The smallest absolute Gasteiger partial charge is 0.0500 e. The Hall–Kier alpha value is -1.44. The quantitative estimate of drug-likeness (QED) is 0.722. The molecular weight excluding hydrogens is 172 g/mol. The molecule has 0 atom stereocenters. The van der Waals surface area contributed by atoms with Gasteiger partial charge in [0.2, 0.25) is 0 Å². The van der Waals surface area contributed by atoms with Gasteiger partial charge in [-0.05, 0) is 29.5 Å². The first-order chi connectivity index (χ1) is 6.66. The maximum absolute atomic E-state index is 5.77. The number of fused-ring (bicyclic) bond motifs is 1. The van der Waals surface area contributed by atoms with Crippen LogP contribution in [0, 0.1) is 5.92 Å². The largest absolute Gasteiger partial charge is 0.399 e. The van der Waals surface area contributed by atoms with E-state index >= 15 is 0 Å². The SMILES string of the molecule is CC(C)Cn1ccc2ccc(N)cc21. The van der Waals surface area contributed by atoms with Crippen LogP contribution in [0.15, 0.2) is 30.5 Å². The number of rotatable bonds is 2. The highest BCUT2D eigenvalue weighted by atomic mass is 15.0. The van der Waals surface area contributed by atoms with Crippen molar-refractivity contribution in [2.45, 2.75) is 20.4 Å². The van der Waals surface area contributed by atoms with Crippen LogP contribution in [-0.4, -0.2) is 4.57 Å². The Labute approximate surface area is 84.3 Å². The van der Waals surface area contributed by atoms with E-state index in [0.29, 0.717) is 5.92 Å². The Morgan fingerprint density at radius 2 is 2.07 bits per heavy atom. The van der Waals surface area contributed by atoms with Crippen LogP contribution in [0.5, 0.6) is 0 Å². The molecule has 0 unspecified atom stereocenters. The summed E-state index contributed by atoms with van der Waals surface area (Å²) in [6, 6.07) is 8.19. The number of anilines is 1. The first-order valence-electron chi connectivity index (χ1n) is 5.01. The molecule has 2 heteroatoms. The Bertz CT molecular complexity index is 441. The average molecular weight is 188 g/mol. The normalized spacial score (nSPS) is 11.4. The van der Waals surface area contributed by atoms with Crippen molar-refractivity contribution in [3.8, 4) is 0 Å². The Balaban J connectivity index is 2.50. The van der Waals surface area contributed by atoms with Crippen molar-refractivity contribution in [1.29, 1.82) is 0 Å². The Morgan fingerprint density at radius 3 is 2.79 bits per heavy atom. The molecule has 0 radical (unpaired) electrons. The van der Waals surface area contributed by atoms with Crippen LogP contribution in [0.4, 0.5) is 5.69 Å². The number of benzene rings is 1. The van der Waals surface area contributed by atoms with E-state index in [9.17, 15) is 0 Å². The number of hydrogen-bond donors (Lipinski definition) is 1. The summed E-state index contributed by atoms with van der Waals surface area (Å²) >= 11 is 0. The van der Waals surface area contributed by atoms with Gasteiger partial charge < -0.3 is 10.3 Å². The molecule has 1 aromatic carbocycles. The molecule has 0 aliphatic heterocycles. The van der Waals surface area contributed by atoms with Gasteiger partial charge >= 0.3 is 0 Å². The molecule has 0 saturated carbocycles. The molecule has 14 heavy (non-hydrogen) atoms. The van der Waals surface area contributed by atoms with E-state index < -0.39 is 0 Å². The molecule has 2 nitrogen and oxygen atoms in total. The summed E-state index contributed by atoms with van der Waals surface area (Å²) in [4.78, 5) is 0. The van der Waals surface area contributed by atoms with Gasteiger partial charge in [0.25, 0.3) is 0 Å². The number of aromatic nitrogens is 1. The molecule has 1 aromatic heterocycles. The first-order valence-corrected chi connectivity index (χ1v) is 5.01. The molecule has 0 aliphatic carbocycles. The molecule has 74 valence electrons. The van der Waals surface area contributed by atoms with Gasteiger partial charge in [0.1, 0.15) is 0 Å². The van der Waals surface area contributed by atoms with Crippen molar-refractivity contribution >= 4 is 16.6 Å². The van der Waals surface area contributed by atoms with E-state index in [4.69, 9.17) is 5.73 Å². The van der Waals surface area contributed by atoms with Crippen LogP contribution in [-0.2, 0) is 6.54 Å². The second-order valence-corrected chi connectivity index (χ2v) is 4.18. The van der Waals surface area contributed by atoms with Crippen LogP contribution in [0.2, 0.25) is 0 Å². The fourth-order valence-electron chi connectivity index (χ4n) is 1.75. The van der Waals surface area contributed by atoms with Gasteiger partial charge in [-0.25, -0.2) is 0 Å². The molecule has 2 rings (SSSR count). The zero-order chi connectivity index (χ0) is 10.1. The molecule has 0 aliphatic rings. The van der Waals surface area contributed by atoms with E-state index in [1.54, 1.807) is 0 Å². The fraction of sp³-hybridized carbons (Fsp3) is 0.333. The third-order valence-electron chi connectivity index (χ3n) is 2.36. The van der Waals surface area contributed by atoms with Gasteiger partial charge in [0.05, 0.1) is 5.52 Å². The molecular formula is C12H16N2. The monoisotopic (exact) mass is 188 g/mol. The molecule has 0 amide bonds. The van der Waals surface area contributed by atoms with E-state index in [0.717, 1.165) is 12.2 Å². The van der Waals surface area contributed by atoms with Crippen molar-refractivity contribution in [3.05, 3.63) is 30.5 Å². The highest BCUT2D eigenvalue weighted by Gasteiger charge is 2.02. The molecule has 0 saturated heterocycles. The zero-order valence-electron chi connectivity index (χ0n) is 8.70. The summed E-state index contributed by atoms with van der Waals surface area (Å²) in [6.45, 7) is 5.49. The Kier molecular flexibility index (Phi) is 2.20. The van der Waals surface area contributed by atoms with E-state index in [2.05, 4.69) is 36.7 Å². The van der Waals surface area contributed by atoms with Gasteiger partial charge in [-0.15, -0.1) is 0 Å². The van der Waals surface area contributed by atoms with Crippen molar-refractivity contribution in [2.24, 2.45) is 5.92 Å². The highest BCUT2D eigenvalue weighted by Crippen LogP contribution is 2.19. The summed E-state index contributed by atoms with van der Waals surface area (Å²) in [6.07, 6.45) is 2.13. The fourth-order valence-corrected chi connectivity index (χ4v) is 1.75. The second-order valence-electron chi connectivity index (χ2n) is 4.18. The third kappa shape index (κ3) is 1.60. The lowest BCUT2D eigenvalue weighted by Crippen LogP contribution is -2.02. The predicted molar refractivity (Wildman–Crippen MR) is 61.2 cm³/mol. The van der Waals surface area contributed by atoms with Gasteiger partial charge in [0, 0.05) is 18.4 Å². The molecule has 0 spiro atoms. The minimum Gasteiger partial charge on any atom is -0.399 e. The summed E-state index contributed by atoms with van der Waals surface area (Å²) in [5.41, 5.74) is 7.84. The van der Waals surface area contributed by atoms with Crippen LogP contribution in [0.3, 0.4) is 0 Å². The summed E-state index contributed by atoms with van der Waals surface area (Å²) < 4.78 is 2.26. The van der Waals surface area contributed by atoms with Crippen molar-refractivity contribution in [2.75, 3.05) is 5.73 Å². The molecule has 1 heterocycles. The Morgan fingerprint density at radius 1 is 1.29 bits per heavy atom. The molecule has 2 aromatic rings. The minimum atomic E-state index is 0.659. The van der Waals surface area contributed by atoms with E-state index in [1.165, 1.54) is 10.9 Å². The maximum atomic E-state index is 5.77. The van der Waals surface area contributed by atoms with Crippen LogP contribution >= 0.6 is 0 Å². The first kappa shape index (κ1) is 9.13. The molecule has 2 N–H and O–H groups in total.